The van der Waals surface area contributed by atoms with Gasteiger partial charge in [-0.3, -0.25) is 14.5 Å². The van der Waals surface area contributed by atoms with Crippen molar-refractivity contribution in [1.82, 2.24) is 13.9 Å². The van der Waals surface area contributed by atoms with E-state index in [9.17, 15) is 22.8 Å². The SMILES string of the molecule is CC(C)(C)OC(=O)N1CCN(c2cccc3ccn(S(=O)(=O)C4(C)C=CC=C(c5cnc6c(c5Cl)C5(CCC(C(N)=O)C5)CN6)C4)c23)C(=O)C1. The zero-order valence-electron chi connectivity index (χ0n) is 28.5. The van der Waals surface area contributed by atoms with Gasteiger partial charge in [0.15, 0.2) is 0 Å². The summed E-state index contributed by atoms with van der Waals surface area (Å²) in [5.41, 5.74) is 7.65. The molecule has 1 saturated heterocycles. The number of piperazine rings is 1. The van der Waals surface area contributed by atoms with Crippen LogP contribution in [0, 0.1) is 5.92 Å². The lowest BCUT2D eigenvalue weighted by molar-refractivity contribution is -0.122. The van der Waals surface area contributed by atoms with Crippen LogP contribution in [0.25, 0.3) is 16.5 Å². The number of fused-ring (bicyclic) bond motifs is 3. The first kappa shape index (κ1) is 34.1. The summed E-state index contributed by atoms with van der Waals surface area (Å²) in [4.78, 5) is 45.8. The third kappa shape index (κ3) is 5.54. The van der Waals surface area contributed by atoms with Gasteiger partial charge in [-0.2, -0.15) is 0 Å². The van der Waals surface area contributed by atoms with Crippen LogP contribution < -0.4 is 16.0 Å². The third-order valence-electron chi connectivity index (χ3n) is 10.5. The smallest absolute Gasteiger partial charge is 0.410 e. The lowest BCUT2D eigenvalue weighted by atomic mass is 9.79. The number of hydrogen-bond acceptors (Lipinski definition) is 8. The Morgan fingerprint density at radius 2 is 1.96 bits per heavy atom. The number of anilines is 2. The van der Waals surface area contributed by atoms with Crippen LogP contribution in [0.5, 0.6) is 0 Å². The number of rotatable bonds is 5. The van der Waals surface area contributed by atoms with Crippen molar-refractivity contribution in [2.75, 3.05) is 36.4 Å². The Bertz CT molecular complexity index is 2120. The Kier molecular flexibility index (Phi) is 8.09. The van der Waals surface area contributed by atoms with Crippen LogP contribution in [0.15, 0.2) is 54.9 Å². The summed E-state index contributed by atoms with van der Waals surface area (Å²) in [5, 5.41) is 4.52. The largest absolute Gasteiger partial charge is 0.444 e. The Morgan fingerprint density at radius 3 is 2.66 bits per heavy atom. The number of nitrogens with two attached hydrogens (primary N) is 1. The summed E-state index contributed by atoms with van der Waals surface area (Å²) in [6, 6.07) is 7.04. The van der Waals surface area contributed by atoms with Gasteiger partial charge in [0.1, 0.15) is 22.7 Å². The highest BCUT2D eigenvalue weighted by molar-refractivity contribution is 7.91. The van der Waals surface area contributed by atoms with E-state index in [4.69, 9.17) is 22.1 Å². The summed E-state index contributed by atoms with van der Waals surface area (Å²) in [7, 11) is -4.13. The molecule has 1 spiro atoms. The first-order valence-corrected chi connectivity index (χ1v) is 18.6. The summed E-state index contributed by atoms with van der Waals surface area (Å²) in [6.07, 6.45) is 10.0. The van der Waals surface area contributed by atoms with Gasteiger partial charge in [0.2, 0.25) is 21.8 Å². The summed E-state index contributed by atoms with van der Waals surface area (Å²) < 4.78 is 34.8. The summed E-state index contributed by atoms with van der Waals surface area (Å²) in [5.74, 6) is -0.217. The number of hydrogen-bond donors (Lipinski definition) is 2. The molecule has 3 amide bonds. The maximum atomic E-state index is 14.7. The van der Waals surface area contributed by atoms with Crippen LogP contribution in [0.2, 0.25) is 5.02 Å². The van der Waals surface area contributed by atoms with Crippen molar-refractivity contribution in [3.63, 3.8) is 0 Å². The first-order chi connectivity index (χ1) is 23.5. The minimum absolute atomic E-state index is 0.117. The van der Waals surface area contributed by atoms with E-state index in [1.165, 1.54) is 20.0 Å². The molecule has 1 aromatic carbocycles. The topological polar surface area (TPSA) is 157 Å². The van der Waals surface area contributed by atoms with Crippen LogP contribution in [0.4, 0.5) is 16.3 Å². The second-order valence-corrected chi connectivity index (χ2v) is 17.7. The van der Waals surface area contributed by atoms with Crippen LogP contribution in [0.1, 0.15) is 64.5 Å². The number of benzene rings is 1. The molecular weight excluding hydrogens is 680 g/mol. The van der Waals surface area contributed by atoms with E-state index in [1.54, 1.807) is 64.2 Å². The molecule has 2 fully saturated rings. The molecule has 3 N–H and O–H groups in total. The van der Waals surface area contributed by atoms with Crippen molar-refractivity contribution in [2.24, 2.45) is 11.7 Å². The monoisotopic (exact) mass is 720 g/mol. The zero-order chi connectivity index (χ0) is 35.8. The van der Waals surface area contributed by atoms with Gasteiger partial charge in [0, 0.05) is 59.9 Å². The normalized spacial score (nSPS) is 25.2. The summed E-state index contributed by atoms with van der Waals surface area (Å²) >= 11 is 7.17. The van der Waals surface area contributed by atoms with E-state index < -0.39 is 26.5 Å². The Labute approximate surface area is 296 Å². The van der Waals surface area contributed by atoms with Crippen molar-refractivity contribution >= 4 is 67.5 Å². The molecule has 2 aliphatic heterocycles. The van der Waals surface area contributed by atoms with Gasteiger partial charge < -0.3 is 20.7 Å². The highest BCUT2D eigenvalue weighted by Gasteiger charge is 2.49. The molecule has 12 nitrogen and oxygen atoms in total. The number of nitrogens with one attached hydrogen (secondary N) is 1. The van der Waals surface area contributed by atoms with Crippen LogP contribution in [-0.4, -0.2) is 76.7 Å². The molecule has 1 saturated carbocycles. The van der Waals surface area contributed by atoms with E-state index in [-0.39, 0.29) is 49.2 Å². The van der Waals surface area contributed by atoms with E-state index in [1.807, 2.05) is 12.1 Å². The van der Waals surface area contributed by atoms with E-state index in [2.05, 4.69) is 10.3 Å². The molecule has 2 aromatic heterocycles. The van der Waals surface area contributed by atoms with Crippen LogP contribution in [0.3, 0.4) is 0 Å². The number of ether oxygens (including phenoxy) is 1. The minimum Gasteiger partial charge on any atom is -0.444 e. The summed E-state index contributed by atoms with van der Waals surface area (Å²) in [6.45, 7) is 7.79. The van der Waals surface area contributed by atoms with Gasteiger partial charge in [-0.05, 0) is 71.1 Å². The number of carbonyl (C=O) groups excluding carboxylic acids is 3. The molecule has 50 heavy (non-hydrogen) atoms. The molecule has 2 aliphatic carbocycles. The standard InChI is InChI=1S/C36H41ClN6O6S/c1-34(2,3)49-33(46)41-15-16-42(27(44)20-41)26-9-5-7-22-11-14-43(30(22)26)50(47,48)35(4)12-6-8-23(17-35)25-19-39-32-28(29(25)37)36(21-40-32)13-10-24(18-36)31(38)45/h5-9,11-12,14,19,24H,10,13,15-18,20-21H2,1-4H3,(H2,38,45)(H,39,40). The van der Waals surface area contributed by atoms with E-state index >= 15 is 0 Å². The molecule has 3 atom stereocenters. The number of para-hydroxylation sites is 1. The number of halogens is 1. The number of carbonyl (C=O) groups is 3. The number of amides is 3. The number of allylic oxidation sites excluding steroid dienone is 3. The Hall–Kier alpha value is -4.36. The highest BCUT2D eigenvalue weighted by Crippen LogP contribution is 2.53. The first-order valence-electron chi connectivity index (χ1n) is 16.8. The number of nitrogens with zero attached hydrogens (tertiary/aromatic N) is 4. The van der Waals surface area contributed by atoms with Crippen molar-refractivity contribution < 1.29 is 27.5 Å². The Morgan fingerprint density at radius 1 is 1.18 bits per heavy atom. The number of pyridine rings is 1. The lowest BCUT2D eigenvalue weighted by Gasteiger charge is -2.36. The fourth-order valence-corrected chi connectivity index (χ4v) is 10.0. The molecule has 3 aromatic rings. The Balaban J connectivity index is 1.19. The molecule has 3 unspecified atom stereocenters. The fraction of sp³-hybridized carbons (Fsp3) is 0.444. The molecule has 264 valence electrons. The molecule has 4 aliphatic rings. The van der Waals surface area contributed by atoms with Gasteiger partial charge in [-0.25, -0.2) is 22.2 Å². The third-order valence-corrected chi connectivity index (χ3v) is 13.1. The molecular formula is C36H41ClN6O6S. The number of aromatic nitrogens is 2. The average molecular weight is 721 g/mol. The second kappa shape index (κ2) is 11.9. The van der Waals surface area contributed by atoms with E-state index in [0.717, 1.165) is 17.6 Å². The van der Waals surface area contributed by atoms with Gasteiger partial charge in [-0.1, -0.05) is 42.0 Å². The van der Waals surface area contributed by atoms with E-state index in [0.29, 0.717) is 52.4 Å². The average Bonchev–Trinajstić information content (AvgIpc) is 3.78. The fourth-order valence-electron chi connectivity index (χ4n) is 7.85. The maximum Gasteiger partial charge on any atom is 0.410 e. The second-order valence-electron chi connectivity index (χ2n) is 15.0. The van der Waals surface area contributed by atoms with Gasteiger partial charge in [-0.15, -0.1) is 0 Å². The van der Waals surface area contributed by atoms with Gasteiger partial charge in [0.05, 0.1) is 16.2 Å². The lowest BCUT2D eigenvalue weighted by Crippen LogP contribution is -2.53. The zero-order valence-corrected chi connectivity index (χ0v) is 30.1. The predicted molar refractivity (Wildman–Crippen MR) is 193 cm³/mol. The molecule has 14 heteroatoms. The number of primary amides is 1. The van der Waals surface area contributed by atoms with Crippen LogP contribution in [-0.2, 0) is 29.8 Å². The van der Waals surface area contributed by atoms with Gasteiger partial charge >= 0.3 is 6.09 Å². The highest BCUT2D eigenvalue weighted by atomic mass is 35.5. The van der Waals surface area contributed by atoms with Crippen molar-refractivity contribution in [1.29, 1.82) is 0 Å². The van der Waals surface area contributed by atoms with Crippen molar-refractivity contribution in [3.8, 4) is 0 Å². The van der Waals surface area contributed by atoms with Crippen molar-refractivity contribution in [2.45, 2.75) is 69.1 Å². The predicted octanol–water partition coefficient (Wildman–Crippen LogP) is 5.20. The molecule has 0 radical (unpaired) electrons. The maximum absolute atomic E-state index is 14.7. The molecule has 0 bridgehead atoms. The minimum atomic E-state index is -4.13. The molecule has 4 heterocycles. The van der Waals surface area contributed by atoms with Crippen LogP contribution >= 0.6 is 11.6 Å². The van der Waals surface area contributed by atoms with Gasteiger partial charge in [0.25, 0.3) is 0 Å². The van der Waals surface area contributed by atoms with Crippen molar-refractivity contribution in [3.05, 3.63) is 71.0 Å². The molecule has 7 rings (SSSR count). The quantitative estimate of drug-likeness (QED) is 0.364.